The molecule has 4 aromatic carbocycles. The van der Waals surface area contributed by atoms with Gasteiger partial charge < -0.3 is 20.6 Å². The smallest absolute Gasteiger partial charge is 0.481 e. The quantitative estimate of drug-likeness (QED) is 0.0380. The van der Waals surface area contributed by atoms with Gasteiger partial charge in [-0.05, 0) is 95.4 Å². The minimum absolute atomic E-state index is 0. The Balaban J connectivity index is 0.000000205. The standard InChI is InChI=1S/C20H12Cl2N6.C20H15Cl2N5.C2H4O2.HNO2.Na/c21-13-8-10-14(11-9-13)28-20(24-25-26-28)19-18(15-5-1-2-6-16(15)22)23-17-7-3-4-12-27(17)19;21-13-8-10-14(11-9-13)24-20(26-23)19-18(15-5-1-2-6-16(15)22)25-17-7-3-4-12-27(17)19;1-2(3)4;2-1-3;/h1-12H;1-12H,23H2,(H,24,26);1H3,(H,3,4);(H,2,3);/q;;;;+1/p-1. The molecule has 0 saturated carbocycles. The van der Waals surface area contributed by atoms with Crippen LogP contribution >= 0.6 is 46.4 Å². The van der Waals surface area contributed by atoms with E-state index in [2.05, 4.69) is 25.9 Å². The molecule has 0 spiro atoms. The maximum Gasteiger partial charge on any atom is 1.00 e. The summed E-state index contributed by atoms with van der Waals surface area (Å²) in [4.78, 5) is 31.2. The van der Waals surface area contributed by atoms with E-state index in [4.69, 9.17) is 82.2 Å². The van der Waals surface area contributed by atoms with Crippen LogP contribution in [-0.2, 0) is 4.79 Å². The van der Waals surface area contributed by atoms with E-state index in [-0.39, 0.29) is 29.6 Å². The molecule has 16 nitrogen and oxygen atoms in total. The predicted octanol–water partition coefficient (Wildman–Crippen LogP) is 7.15. The summed E-state index contributed by atoms with van der Waals surface area (Å²) in [6.45, 7) is 1.08. The number of imidazole rings is 2. The summed E-state index contributed by atoms with van der Waals surface area (Å²) in [6, 6.07) is 41.2. The molecule has 63 heavy (non-hydrogen) atoms. The molecule has 0 unspecified atom stereocenters. The largest absolute Gasteiger partial charge is 1.00 e. The molecular weight excluding hydrogens is 901 g/mol. The van der Waals surface area contributed by atoms with Crippen molar-refractivity contribution in [2.24, 2.45) is 16.2 Å². The molecule has 0 fully saturated rings. The maximum absolute atomic E-state index is 9.00. The predicted molar refractivity (Wildman–Crippen MR) is 242 cm³/mol. The SMILES string of the molecule is CC(=O)O.Clc1ccc(-n2nnnc2-c2c(-c3ccccc3Cl)nc3ccccn23)cc1.NNC(=Nc1ccc(Cl)cc1)c1c(-c2ccccc2Cl)nc2ccccn12.O=N[O-].[Na+]. The normalized spacial score (nSPS) is 10.6. The van der Waals surface area contributed by atoms with Crippen molar-refractivity contribution < 1.29 is 39.5 Å². The number of nitrogens with one attached hydrogen (secondary N) is 1. The average Bonchev–Trinajstić information content (AvgIpc) is 4.00. The minimum atomic E-state index is -0.833. The van der Waals surface area contributed by atoms with Crippen LogP contribution in [0.4, 0.5) is 5.69 Å². The molecule has 21 heteroatoms. The fourth-order valence-corrected chi connectivity index (χ4v) is 6.71. The Kier molecular flexibility index (Phi) is 17.3. The second-order valence-electron chi connectivity index (χ2n) is 12.5. The second-order valence-corrected chi connectivity index (χ2v) is 14.2. The Morgan fingerprint density at radius 2 is 1.19 bits per heavy atom. The molecular formula is C42H31Cl4N12NaO4. The number of pyridine rings is 2. The summed E-state index contributed by atoms with van der Waals surface area (Å²) in [7, 11) is 0. The number of nitrogens with two attached hydrogens (primary N) is 1. The van der Waals surface area contributed by atoms with Gasteiger partial charge in [-0.15, -0.1) is 10.4 Å². The molecule has 9 aromatic rings. The van der Waals surface area contributed by atoms with E-state index in [0.29, 0.717) is 48.8 Å². The number of nitrogens with zero attached hydrogens (tertiary/aromatic N) is 10. The monoisotopic (exact) mass is 930 g/mol. The molecule has 312 valence electrons. The van der Waals surface area contributed by atoms with Crippen LogP contribution in [0.5, 0.6) is 0 Å². The first-order valence-corrected chi connectivity index (χ1v) is 19.5. The third-order valence-electron chi connectivity index (χ3n) is 8.50. The Hall–Kier alpha value is -6.21. The van der Waals surface area contributed by atoms with Gasteiger partial charge in [0.25, 0.3) is 5.97 Å². The van der Waals surface area contributed by atoms with Crippen LogP contribution in [0.1, 0.15) is 12.6 Å². The number of hydrogen-bond donors (Lipinski definition) is 3. The van der Waals surface area contributed by atoms with Crippen LogP contribution in [0.3, 0.4) is 0 Å². The summed E-state index contributed by atoms with van der Waals surface area (Å²) in [5, 5.41) is 31.3. The van der Waals surface area contributed by atoms with Crippen molar-refractivity contribution >= 4 is 75.2 Å². The van der Waals surface area contributed by atoms with Gasteiger partial charge in [0.15, 0.2) is 5.84 Å². The van der Waals surface area contributed by atoms with Crippen molar-refractivity contribution in [1.82, 2.24) is 44.4 Å². The zero-order valence-corrected chi connectivity index (χ0v) is 38.1. The van der Waals surface area contributed by atoms with Gasteiger partial charge >= 0.3 is 29.6 Å². The zero-order valence-electron chi connectivity index (χ0n) is 33.1. The van der Waals surface area contributed by atoms with Gasteiger partial charge in [0.1, 0.15) is 34.1 Å². The summed E-state index contributed by atoms with van der Waals surface area (Å²) in [5.41, 5.74) is 10.2. The fourth-order valence-electron chi connectivity index (χ4n) is 6.00. The second kappa shape index (κ2) is 22.8. The molecule has 4 N–H and O–H groups in total. The van der Waals surface area contributed by atoms with E-state index in [1.54, 1.807) is 28.9 Å². The van der Waals surface area contributed by atoms with Crippen molar-refractivity contribution in [3.8, 4) is 39.7 Å². The summed E-state index contributed by atoms with van der Waals surface area (Å²) in [6.07, 6.45) is 3.84. The summed E-state index contributed by atoms with van der Waals surface area (Å²) in [5.74, 6) is 6.02. The molecule has 0 amide bonds. The van der Waals surface area contributed by atoms with Crippen molar-refractivity contribution in [3.63, 3.8) is 0 Å². The number of hydrazine groups is 1. The maximum atomic E-state index is 9.00. The number of aliphatic carboxylic acids is 1. The molecule has 5 heterocycles. The molecule has 0 bridgehead atoms. The zero-order chi connectivity index (χ0) is 44.2. The Morgan fingerprint density at radius 1 is 0.714 bits per heavy atom. The van der Waals surface area contributed by atoms with E-state index < -0.39 is 5.97 Å². The molecule has 0 aliphatic rings. The number of carboxylic acids is 1. The molecule has 0 aliphatic carbocycles. The van der Waals surface area contributed by atoms with Crippen molar-refractivity contribution in [2.75, 3.05) is 0 Å². The minimum Gasteiger partial charge on any atom is -0.481 e. The van der Waals surface area contributed by atoms with E-state index in [0.717, 1.165) is 51.8 Å². The van der Waals surface area contributed by atoms with Crippen molar-refractivity contribution in [2.45, 2.75) is 6.92 Å². The number of hydrogen-bond acceptors (Lipinski definition) is 11. The third-order valence-corrected chi connectivity index (χ3v) is 9.66. The number of fused-ring (bicyclic) bond motifs is 2. The molecule has 0 aliphatic heterocycles. The Morgan fingerprint density at radius 3 is 1.75 bits per heavy atom. The van der Waals surface area contributed by atoms with Gasteiger partial charge in [0, 0.05) is 40.5 Å². The van der Waals surface area contributed by atoms with Crippen LogP contribution in [0.25, 0.3) is 51.0 Å². The number of amidine groups is 1. The number of tetrazole rings is 1. The molecule has 9 rings (SSSR count). The number of halogens is 4. The molecule has 0 saturated heterocycles. The van der Waals surface area contributed by atoms with Gasteiger partial charge in [-0.1, -0.05) is 94.9 Å². The van der Waals surface area contributed by atoms with Gasteiger partial charge in [-0.2, -0.15) is 4.68 Å². The van der Waals surface area contributed by atoms with Crippen LogP contribution in [0, 0.1) is 10.1 Å². The number of rotatable bonds is 6. The third kappa shape index (κ3) is 11.6. The van der Waals surface area contributed by atoms with E-state index in [9.17, 15) is 0 Å². The van der Waals surface area contributed by atoms with Gasteiger partial charge in [-0.3, -0.25) is 13.6 Å². The van der Waals surface area contributed by atoms with Gasteiger partial charge in [-0.25, -0.2) is 20.8 Å². The molecule has 0 radical (unpaired) electrons. The first kappa shape index (κ1) is 47.8. The topological polar surface area (TPSA) is 218 Å². The number of aromatic nitrogens is 8. The van der Waals surface area contributed by atoms with E-state index in [1.165, 1.54) is 0 Å². The molecule has 5 aromatic heterocycles. The van der Waals surface area contributed by atoms with Crippen molar-refractivity contribution in [1.29, 1.82) is 0 Å². The number of benzene rings is 4. The summed E-state index contributed by atoms with van der Waals surface area (Å²) < 4.78 is 5.54. The van der Waals surface area contributed by atoms with Crippen molar-refractivity contribution in [3.05, 3.63) is 182 Å². The number of aliphatic imine (C=N–C) groups is 1. The fraction of sp³-hybridized carbons (Fsp3) is 0.0238. The van der Waals surface area contributed by atoms with Gasteiger partial charge in [0.2, 0.25) is 5.82 Å². The summed E-state index contributed by atoms with van der Waals surface area (Å²) >= 11 is 24.9. The van der Waals surface area contributed by atoms with Crippen LogP contribution in [0.15, 0.2) is 156 Å². The number of carboxylic acid groups (broad SMARTS) is 1. The Labute approximate surface area is 400 Å². The number of carbonyl (C=O) groups is 1. The molecule has 0 atom stereocenters. The first-order valence-electron chi connectivity index (χ1n) is 18.0. The average molecular weight is 933 g/mol. The van der Waals surface area contributed by atoms with Gasteiger partial charge in [0.05, 0.1) is 21.4 Å². The van der Waals surface area contributed by atoms with E-state index in [1.807, 2.05) is 130 Å². The van der Waals surface area contributed by atoms with Crippen LogP contribution < -0.4 is 40.8 Å². The van der Waals surface area contributed by atoms with E-state index >= 15 is 0 Å². The van der Waals surface area contributed by atoms with Crippen LogP contribution in [-0.4, -0.2) is 55.9 Å². The first-order chi connectivity index (χ1) is 30.0. The Bertz CT molecular complexity index is 2990. The van der Waals surface area contributed by atoms with Crippen LogP contribution in [0.2, 0.25) is 20.1 Å².